The molecule has 0 aliphatic heterocycles. The Morgan fingerprint density at radius 1 is 1.44 bits per heavy atom. The minimum absolute atomic E-state index is 0.0587. The van der Waals surface area contributed by atoms with Gasteiger partial charge in [0.1, 0.15) is 5.75 Å². The van der Waals surface area contributed by atoms with Crippen molar-refractivity contribution in [3.63, 3.8) is 0 Å². The van der Waals surface area contributed by atoms with Crippen LogP contribution in [0.5, 0.6) is 5.75 Å². The van der Waals surface area contributed by atoms with Crippen LogP contribution in [0.15, 0.2) is 18.2 Å². The van der Waals surface area contributed by atoms with E-state index in [1.54, 1.807) is 18.2 Å². The SMILES string of the molecule is Cc1ccc(O)c(C2(C(O)C(=O)O)CC2)c1. The predicted molar refractivity (Wildman–Crippen MR) is 57.4 cm³/mol. The second-order valence-corrected chi connectivity index (χ2v) is 4.42. The fourth-order valence-electron chi connectivity index (χ4n) is 2.11. The highest BCUT2D eigenvalue weighted by Gasteiger charge is 2.54. The molecule has 1 unspecified atom stereocenters. The van der Waals surface area contributed by atoms with Crippen LogP contribution in [0.3, 0.4) is 0 Å². The number of aliphatic carboxylic acids is 1. The molecule has 0 spiro atoms. The quantitative estimate of drug-likeness (QED) is 0.717. The van der Waals surface area contributed by atoms with Crippen molar-refractivity contribution >= 4 is 5.97 Å². The standard InChI is InChI=1S/C12H14O4/c1-7-2-3-9(13)8(6-7)12(4-5-12)10(14)11(15)16/h2-3,6,10,13-14H,4-5H2,1H3,(H,15,16). The van der Waals surface area contributed by atoms with Gasteiger partial charge in [-0.3, -0.25) is 0 Å². The molecular formula is C12H14O4. The summed E-state index contributed by atoms with van der Waals surface area (Å²) < 4.78 is 0. The summed E-state index contributed by atoms with van der Waals surface area (Å²) in [5, 5.41) is 28.3. The molecule has 16 heavy (non-hydrogen) atoms. The van der Waals surface area contributed by atoms with Crippen LogP contribution in [0.25, 0.3) is 0 Å². The molecule has 0 saturated heterocycles. The maximum absolute atomic E-state index is 10.8. The summed E-state index contributed by atoms with van der Waals surface area (Å²) in [6, 6.07) is 5.04. The van der Waals surface area contributed by atoms with Gasteiger partial charge in [0.15, 0.2) is 6.10 Å². The number of carboxylic acids is 1. The molecular weight excluding hydrogens is 208 g/mol. The average molecular weight is 222 g/mol. The molecule has 1 saturated carbocycles. The highest BCUT2D eigenvalue weighted by atomic mass is 16.4. The van der Waals surface area contributed by atoms with Gasteiger partial charge in [-0.25, -0.2) is 4.79 Å². The average Bonchev–Trinajstić information content (AvgIpc) is 3.01. The summed E-state index contributed by atoms with van der Waals surface area (Å²) in [6.45, 7) is 1.87. The van der Waals surface area contributed by atoms with E-state index in [0.717, 1.165) is 5.56 Å². The molecule has 1 aromatic rings. The van der Waals surface area contributed by atoms with E-state index in [0.29, 0.717) is 18.4 Å². The molecule has 0 aromatic heterocycles. The molecule has 3 N–H and O–H groups in total. The summed E-state index contributed by atoms with van der Waals surface area (Å²) in [6.07, 6.45) is -0.255. The lowest BCUT2D eigenvalue weighted by Crippen LogP contribution is -2.33. The molecule has 1 aliphatic rings. The zero-order valence-electron chi connectivity index (χ0n) is 8.97. The number of benzene rings is 1. The van der Waals surface area contributed by atoms with Crippen molar-refractivity contribution < 1.29 is 20.1 Å². The third-order valence-electron chi connectivity index (χ3n) is 3.23. The molecule has 0 heterocycles. The molecule has 4 nitrogen and oxygen atoms in total. The first-order valence-corrected chi connectivity index (χ1v) is 5.18. The van der Waals surface area contributed by atoms with Gasteiger partial charge in [-0.2, -0.15) is 0 Å². The van der Waals surface area contributed by atoms with Gasteiger partial charge in [0.25, 0.3) is 0 Å². The largest absolute Gasteiger partial charge is 0.508 e. The molecule has 0 amide bonds. The van der Waals surface area contributed by atoms with Gasteiger partial charge >= 0.3 is 5.97 Å². The van der Waals surface area contributed by atoms with E-state index in [9.17, 15) is 15.0 Å². The van der Waals surface area contributed by atoms with Crippen molar-refractivity contribution in [2.45, 2.75) is 31.3 Å². The second kappa shape index (κ2) is 3.49. The number of rotatable bonds is 3. The van der Waals surface area contributed by atoms with E-state index in [1.807, 2.05) is 6.92 Å². The lowest BCUT2D eigenvalue weighted by Gasteiger charge is -2.20. The molecule has 2 rings (SSSR count). The number of carboxylic acid groups (broad SMARTS) is 1. The van der Waals surface area contributed by atoms with Crippen molar-refractivity contribution in [2.24, 2.45) is 0 Å². The van der Waals surface area contributed by atoms with E-state index in [4.69, 9.17) is 5.11 Å². The summed E-state index contributed by atoms with van der Waals surface area (Å²) in [5.74, 6) is -1.18. The fraction of sp³-hybridized carbons (Fsp3) is 0.417. The van der Waals surface area contributed by atoms with Crippen molar-refractivity contribution in [2.75, 3.05) is 0 Å². The van der Waals surface area contributed by atoms with E-state index < -0.39 is 17.5 Å². The smallest absolute Gasteiger partial charge is 0.333 e. The van der Waals surface area contributed by atoms with Crippen LogP contribution < -0.4 is 0 Å². The second-order valence-electron chi connectivity index (χ2n) is 4.42. The summed E-state index contributed by atoms with van der Waals surface area (Å²) in [7, 11) is 0. The molecule has 1 fully saturated rings. The zero-order valence-corrected chi connectivity index (χ0v) is 8.97. The highest BCUT2D eigenvalue weighted by Crippen LogP contribution is 2.53. The Labute approximate surface area is 93.2 Å². The Bertz CT molecular complexity index is 435. The Balaban J connectivity index is 2.44. The topological polar surface area (TPSA) is 77.8 Å². The third-order valence-corrected chi connectivity index (χ3v) is 3.23. The number of phenolic OH excluding ortho intramolecular Hbond substituents is 1. The van der Waals surface area contributed by atoms with Gasteiger partial charge in [0, 0.05) is 11.0 Å². The highest BCUT2D eigenvalue weighted by molar-refractivity contribution is 5.76. The number of hydrogen-bond acceptors (Lipinski definition) is 3. The Morgan fingerprint density at radius 2 is 2.06 bits per heavy atom. The normalized spacial score (nSPS) is 19.1. The maximum Gasteiger partial charge on any atom is 0.333 e. The summed E-state index contributed by atoms with van der Waals surface area (Å²) in [4.78, 5) is 10.8. The monoisotopic (exact) mass is 222 g/mol. The predicted octanol–water partition coefficient (Wildman–Crippen LogP) is 1.18. The third kappa shape index (κ3) is 1.55. The first-order valence-electron chi connectivity index (χ1n) is 5.18. The van der Waals surface area contributed by atoms with Crippen molar-refractivity contribution in [3.8, 4) is 5.75 Å². The van der Waals surface area contributed by atoms with Gasteiger partial charge in [-0.05, 0) is 25.8 Å². The lowest BCUT2D eigenvalue weighted by molar-refractivity contribution is -0.148. The van der Waals surface area contributed by atoms with Gasteiger partial charge in [0.05, 0.1) is 0 Å². The van der Waals surface area contributed by atoms with E-state index in [2.05, 4.69) is 0 Å². The van der Waals surface area contributed by atoms with Crippen LogP contribution in [0.2, 0.25) is 0 Å². The zero-order chi connectivity index (χ0) is 11.9. The summed E-state index contributed by atoms with van der Waals surface area (Å²) >= 11 is 0. The minimum atomic E-state index is -1.44. The Hall–Kier alpha value is -1.55. The number of hydrogen-bond donors (Lipinski definition) is 3. The van der Waals surface area contributed by atoms with Crippen molar-refractivity contribution in [3.05, 3.63) is 29.3 Å². The molecule has 0 bridgehead atoms. The number of aliphatic hydroxyl groups is 1. The van der Waals surface area contributed by atoms with Gasteiger partial charge in [0.2, 0.25) is 0 Å². The molecule has 86 valence electrons. The van der Waals surface area contributed by atoms with E-state index >= 15 is 0 Å². The van der Waals surface area contributed by atoms with Crippen LogP contribution in [0.1, 0.15) is 24.0 Å². The molecule has 1 aromatic carbocycles. The number of carbonyl (C=O) groups is 1. The fourth-order valence-corrected chi connectivity index (χ4v) is 2.11. The number of aromatic hydroxyl groups is 1. The molecule has 0 radical (unpaired) electrons. The Morgan fingerprint density at radius 3 is 2.56 bits per heavy atom. The first-order chi connectivity index (χ1) is 7.47. The van der Waals surface area contributed by atoms with Gasteiger partial charge < -0.3 is 15.3 Å². The van der Waals surface area contributed by atoms with Crippen LogP contribution in [-0.2, 0) is 10.2 Å². The van der Waals surface area contributed by atoms with Crippen LogP contribution in [0, 0.1) is 6.92 Å². The Kier molecular flexibility index (Phi) is 2.39. The van der Waals surface area contributed by atoms with E-state index in [1.165, 1.54) is 0 Å². The van der Waals surface area contributed by atoms with E-state index in [-0.39, 0.29) is 5.75 Å². The number of aliphatic hydroxyl groups excluding tert-OH is 1. The number of phenols is 1. The van der Waals surface area contributed by atoms with Crippen LogP contribution in [0.4, 0.5) is 0 Å². The first kappa shape index (κ1) is 11.0. The number of aryl methyl sites for hydroxylation is 1. The molecule has 1 aliphatic carbocycles. The summed E-state index contributed by atoms with van der Waals surface area (Å²) in [5.41, 5.74) is 0.695. The van der Waals surface area contributed by atoms with Crippen molar-refractivity contribution in [1.29, 1.82) is 0 Å². The molecule has 1 atom stereocenters. The van der Waals surface area contributed by atoms with Gasteiger partial charge in [-0.15, -0.1) is 0 Å². The lowest BCUT2D eigenvalue weighted by atomic mass is 9.88. The van der Waals surface area contributed by atoms with Gasteiger partial charge in [-0.1, -0.05) is 17.7 Å². The van der Waals surface area contributed by atoms with Crippen LogP contribution in [-0.4, -0.2) is 27.4 Å². The molecule has 4 heteroatoms. The van der Waals surface area contributed by atoms with Crippen LogP contribution >= 0.6 is 0 Å². The minimum Gasteiger partial charge on any atom is -0.508 e. The van der Waals surface area contributed by atoms with Crippen molar-refractivity contribution in [1.82, 2.24) is 0 Å². The maximum atomic E-state index is 10.8.